The van der Waals surface area contributed by atoms with Gasteiger partial charge in [-0.2, -0.15) is 0 Å². The third-order valence-electron chi connectivity index (χ3n) is 2.26. The summed E-state index contributed by atoms with van der Waals surface area (Å²) in [4.78, 5) is 11.6. The molecule has 1 aromatic rings. The van der Waals surface area contributed by atoms with Crippen molar-refractivity contribution in [3.63, 3.8) is 0 Å². The number of amides is 1. The van der Waals surface area contributed by atoms with Crippen molar-refractivity contribution in [2.45, 2.75) is 19.4 Å². The number of anilines is 1. The number of nitrogens with two attached hydrogens (primary N) is 1. The van der Waals surface area contributed by atoms with Crippen molar-refractivity contribution in [2.24, 2.45) is 5.73 Å². The fourth-order valence-electron chi connectivity index (χ4n) is 1.37. The van der Waals surface area contributed by atoms with Crippen molar-refractivity contribution < 1.29 is 13.9 Å². The highest BCUT2D eigenvalue weighted by Gasteiger charge is 2.12. The van der Waals surface area contributed by atoms with E-state index in [4.69, 9.17) is 10.5 Å². The molecule has 1 amide bonds. The molecule has 1 aromatic carbocycles. The minimum Gasteiger partial charge on any atom is -0.491 e. The molecule has 4 nitrogen and oxygen atoms in total. The normalized spacial score (nSPS) is 11.7. The summed E-state index contributed by atoms with van der Waals surface area (Å²) in [5.74, 6) is -0.740. The molecule has 0 fully saturated rings. The zero-order chi connectivity index (χ0) is 13.5. The van der Waals surface area contributed by atoms with Gasteiger partial charge in [0.25, 0.3) is 0 Å². The van der Waals surface area contributed by atoms with Gasteiger partial charge in [0.15, 0.2) is 11.6 Å². The van der Waals surface area contributed by atoms with Crippen LogP contribution in [0, 0.1) is 5.82 Å². The SMILES string of the molecule is C=CCC(N)C(=O)Nc1ccc(OCC)c(F)c1. The van der Waals surface area contributed by atoms with Crippen LogP contribution in [-0.4, -0.2) is 18.6 Å². The minimum atomic E-state index is -0.683. The van der Waals surface area contributed by atoms with E-state index in [-0.39, 0.29) is 11.7 Å². The lowest BCUT2D eigenvalue weighted by atomic mass is 10.2. The molecule has 0 aliphatic heterocycles. The van der Waals surface area contributed by atoms with Crippen LogP contribution >= 0.6 is 0 Å². The molecule has 0 aromatic heterocycles. The quantitative estimate of drug-likeness (QED) is 0.762. The van der Waals surface area contributed by atoms with Gasteiger partial charge in [-0.3, -0.25) is 4.79 Å². The van der Waals surface area contributed by atoms with Crippen LogP contribution in [0.5, 0.6) is 5.75 Å². The molecule has 98 valence electrons. The van der Waals surface area contributed by atoms with E-state index in [0.29, 0.717) is 18.7 Å². The minimum absolute atomic E-state index is 0.158. The molecule has 0 saturated heterocycles. The van der Waals surface area contributed by atoms with Gasteiger partial charge in [-0.25, -0.2) is 4.39 Å². The average Bonchev–Trinajstić information content (AvgIpc) is 2.33. The van der Waals surface area contributed by atoms with Crippen LogP contribution in [0.2, 0.25) is 0 Å². The van der Waals surface area contributed by atoms with Crippen LogP contribution < -0.4 is 15.8 Å². The lowest BCUT2D eigenvalue weighted by Gasteiger charge is -2.11. The number of halogens is 1. The predicted molar refractivity (Wildman–Crippen MR) is 69.0 cm³/mol. The lowest BCUT2D eigenvalue weighted by molar-refractivity contribution is -0.117. The van der Waals surface area contributed by atoms with E-state index in [9.17, 15) is 9.18 Å². The Balaban J connectivity index is 2.71. The summed E-state index contributed by atoms with van der Waals surface area (Å²) >= 11 is 0. The molecule has 3 N–H and O–H groups in total. The molecule has 0 heterocycles. The van der Waals surface area contributed by atoms with E-state index >= 15 is 0 Å². The Kier molecular flexibility index (Phi) is 5.32. The molecule has 0 spiro atoms. The fraction of sp³-hybridized carbons (Fsp3) is 0.308. The summed E-state index contributed by atoms with van der Waals surface area (Å²) in [7, 11) is 0. The van der Waals surface area contributed by atoms with Crippen molar-refractivity contribution in [1.29, 1.82) is 0 Å². The van der Waals surface area contributed by atoms with Gasteiger partial charge >= 0.3 is 0 Å². The molecule has 18 heavy (non-hydrogen) atoms. The van der Waals surface area contributed by atoms with Gasteiger partial charge < -0.3 is 15.8 Å². The number of carbonyl (C=O) groups is 1. The number of ether oxygens (including phenoxy) is 1. The molecule has 0 radical (unpaired) electrons. The summed E-state index contributed by atoms with van der Waals surface area (Å²) in [5, 5.41) is 2.53. The molecule has 1 rings (SSSR count). The predicted octanol–water partition coefficient (Wildman–Crippen LogP) is 2.07. The van der Waals surface area contributed by atoms with E-state index in [0.717, 1.165) is 0 Å². The van der Waals surface area contributed by atoms with Crippen LogP contribution in [0.15, 0.2) is 30.9 Å². The first-order chi connectivity index (χ1) is 8.58. The lowest BCUT2D eigenvalue weighted by Crippen LogP contribution is -2.35. The van der Waals surface area contributed by atoms with Gasteiger partial charge in [0.05, 0.1) is 12.6 Å². The Labute approximate surface area is 106 Å². The summed E-state index contributed by atoms with van der Waals surface area (Å²) in [6.07, 6.45) is 1.92. The van der Waals surface area contributed by atoms with E-state index < -0.39 is 11.9 Å². The van der Waals surface area contributed by atoms with Gasteiger partial charge in [-0.05, 0) is 25.5 Å². The number of carbonyl (C=O) groups excluding carboxylic acids is 1. The van der Waals surface area contributed by atoms with E-state index in [1.807, 2.05) is 0 Å². The molecule has 5 heteroatoms. The van der Waals surface area contributed by atoms with Gasteiger partial charge in [0.2, 0.25) is 5.91 Å². The number of rotatable bonds is 6. The molecule has 1 atom stereocenters. The average molecular weight is 252 g/mol. The molecular formula is C13H17FN2O2. The maximum absolute atomic E-state index is 13.5. The van der Waals surface area contributed by atoms with Crippen LogP contribution in [0.1, 0.15) is 13.3 Å². The highest BCUT2D eigenvalue weighted by Crippen LogP contribution is 2.21. The van der Waals surface area contributed by atoms with Crippen molar-refractivity contribution in [3.8, 4) is 5.75 Å². The second-order valence-electron chi connectivity index (χ2n) is 3.70. The molecule has 0 aliphatic rings. The number of nitrogens with one attached hydrogen (secondary N) is 1. The van der Waals surface area contributed by atoms with Crippen LogP contribution in [0.3, 0.4) is 0 Å². The van der Waals surface area contributed by atoms with E-state index in [1.54, 1.807) is 19.1 Å². The molecular weight excluding hydrogens is 235 g/mol. The standard InChI is InChI=1S/C13H17FN2O2/c1-3-5-11(15)13(17)16-9-6-7-12(18-4-2)10(14)8-9/h3,6-8,11H,1,4-5,15H2,2H3,(H,16,17). The zero-order valence-corrected chi connectivity index (χ0v) is 10.3. The first-order valence-electron chi connectivity index (χ1n) is 5.68. The topological polar surface area (TPSA) is 64.4 Å². The number of hydrogen-bond acceptors (Lipinski definition) is 3. The second-order valence-corrected chi connectivity index (χ2v) is 3.70. The van der Waals surface area contributed by atoms with Crippen molar-refractivity contribution in [3.05, 3.63) is 36.7 Å². The van der Waals surface area contributed by atoms with Gasteiger partial charge in [0.1, 0.15) is 0 Å². The first kappa shape index (κ1) is 14.2. The van der Waals surface area contributed by atoms with Gasteiger partial charge in [0, 0.05) is 11.8 Å². The maximum atomic E-state index is 13.5. The number of benzene rings is 1. The van der Waals surface area contributed by atoms with Crippen LogP contribution in [-0.2, 0) is 4.79 Å². The largest absolute Gasteiger partial charge is 0.491 e. The Morgan fingerprint density at radius 2 is 2.39 bits per heavy atom. The van der Waals surface area contributed by atoms with Crippen LogP contribution in [0.4, 0.5) is 10.1 Å². The van der Waals surface area contributed by atoms with Crippen molar-refractivity contribution in [1.82, 2.24) is 0 Å². The summed E-state index contributed by atoms with van der Waals surface area (Å²) < 4.78 is 18.6. The Hall–Kier alpha value is -1.88. The third-order valence-corrected chi connectivity index (χ3v) is 2.26. The smallest absolute Gasteiger partial charge is 0.241 e. The molecule has 1 unspecified atom stereocenters. The van der Waals surface area contributed by atoms with Crippen molar-refractivity contribution >= 4 is 11.6 Å². The Morgan fingerprint density at radius 3 is 2.94 bits per heavy atom. The third kappa shape index (κ3) is 3.85. The van der Waals surface area contributed by atoms with E-state index in [1.165, 1.54) is 12.1 Å². The second kappa shape index (κ2) is 6.76. The Bertz CT molecular complexity index is 435. The maximum Gasteiger partial charge on any atom is 0.241 e. The molecule has 0 saturated carbocycles. The van der Waals surface area contributed by atoms with Gasteiger partial charge in [-0.15, -0.1) is 6.58 Å². The first-order valence-corrected chi connectivity index (χ1v) is 5.68. The molecule has 0 aliphatic carbocycles. The monoisotopic (exact) mass is 252 g/mol. The summed E-state index contributed by atoms with van der Waals surface area (Å²) in [6.45, 7) is 5.65. The highest BCUT2D eigenvalue weighted by atomic mass is 19.1. The highest BCUT2D eigenvalue weighted by molar-refractivity contribution is 5.94. The van der Waals surface area contributed by atoms with Gasteiger partial charge in [-0.1, -0.05) is 6.08 Å². The number of hydrogen-bond donors (Lipinski definition) is 2. The van der Waals surface area contributed by atoms with Crippen molar-refractivity contribution in [2.75, 3.05) is 11.9 Å². The summed E-state index contributed by atoms with van der Waals surface area (Å²) in [6, 6.07) is 3.54. The fourth-order valence-corrected chi connectivity index (χ4v) is 1.37. The molecule has 0 bridgehead atoms. The van der Waals surface area contributed by atoms with E-state index in [2.05, 4.69) is 11.9 Å². The Morgan fingerprint density at radius 1 is 1.67 bits per heavy atom. The summed E-state index contributed by atoms with van der Waals surface area (Å²) in [5.41, 5.74) is 5.94. The zero-order valence-electron chi connectivity index (χ0n) is 10.3. The van der Waals surface area contributed by atoms with Crippen LogP contribution in [0.25, 0.3) is 0 Å².